The fourth-order valence-corrected chi connectivity index (χ4v) is 5.98. The number of anilines is 1. The molecule has 0 aromatic carbocycles. The van der Waals surface area contributed by atoms with Crippen molar-refractivity contribution in [2.45, 2.75) is 12.0 Å². The second kappa shape index (κ2) is 5.25. The van der Waals surface area contributed by atoms with Crippen LogP contribution in [0.1, 0.15) is 6.42 Å². The molecule has 2 fully saturated rings. The van der Waals surface area contributed by atoms with Gasteiger partial charge in [-0.05, 0) is 6.42 Å². The van der Waals surface area contributed by atoms with Crippen molar-refractivity contribution in [1.29, 1.82) is 0 Å². The van der Waals surface area contributed by atoms with Crippen molar-refractivity contribution in [2.75, 3.05) is 49.1 Å². The average Bonchev–Trinajstić information content (AvgIpc) is 3.07. The summed E-state index contributed by atoms with van der Waals surface area (Å²) in [4.78, 5) is 8.87. The zero-order valence-electron chi connectivity index (χ0n) is 11.4. The van der Waals surface area contributed by atoms with E-state index in [-0.39, 0.29) is 17.0 Å². The van der Waals surface area contributed by atoms with Gasteiger partial charge >= 0.3 is 0 Å². The Morgan fingerprint density at radius 2 is 2.10 bits per heavy atom. The second-order valence-electron chi connectivity index (χ2n) is 5.56. The summed E-state index contributed by atoms with van der Waals surface area (Å²) in [6.45, 7) is 3.90. The van der Waals surface area contributed by atoms with Gasteiger partial charge in [0.05, 0.1) is 11.5 Å². The third-order valence-corrected chi connectivity index (χ3v) is 7.02. The molecule has 0 saturated carbocycles. The van der Waals surface area contributed by atoms with E-state index in [1.807, 2.05) is 11.6 Å². The third kappa shape index (κ3) is 2.57. The maximum atomic E-state index is 11.8. The number of hydrogen-bond acceptors (Lipinski definition) is 7. The Morgan fingerprint density at radius 3 is 2.60 bits per heavy atom. The van der Waals surface area contributed by atoms with Crippen LogP contribution in [0.3, 0.4) is 0 Å². The van der Waals surface area contributed by atoms with E-state index < -0.39 is 9.84 Å². The molecule has 20 heavy (non-hydrogen) atoms. The number of piperazine rings is 1. The van der Waals surface area contributed by atoms with Crippen LogP contribution < -0.4 is 10.6 Å². The number of rotatable bonds is 3. The summed E-state index contributed by atoms with van der Waals surface area (Å²) in [5, 5.41) is 3.03. The highest BCUT2D eigenvalue weighted by atomic mass is 32.2. The molecule has 3 heterocycles. The molecule has 3 rings (SSSR count). The first kappa shape index (κ1) is 14.2. The lowest BCUT2D eigenvalue weighted by Crippen LogP contribution is -2.61. The Kier molecular flexibility index (Phi) is 3.74. The second-order valence-corrected chi connectivity index (χ2v) is 8.62. The molecule has 2 N–H and O–H groups in total. The Balaban J connectivity index is 1.68. The number of sulfone groups is 1. The van der Waals surface area contributed by atoms with Gasteiger partial charge in [-0.3, -0.25) is 4.90 Å². The minimum Gasteiger partial charge on any atom is -0.346 e. The van der Waals surface area contributed by atoms with Gasteiger partial charge in [0.1, 0.15) is 0 Å². The first-order valence-corrected chi connectivity index (χ1v) is 9.55. The van der Waals surface area contributed by atoms with E-state index in [2.05, 4.69) is 14.8 Å². The average molecular weight is 316 g/mol. The first-order valence-electron chi connectivity index (χ1n) is 6.85. The predicted molar refractivity (Wildman–Crippen MR) is 81.0 cm³/mol. The largest absolute Gasteiger partial charge is 0.346 e. The van der Waals surface area contributed by atoms with Crippen LogP contribution in [0, 0.1) is 0 Å². The lowest BCUT2D eigenvalue weighted by atomic mass is 9.95. The third-order valence-electron chi connectivity index (χ3n) is 4.39. The topological polar surface area (TPSA) is 79.5 Å². The number of hydrogen-bond donors (Lipinski definition) is 1. The molecule has 0 spiro atoms. The van der Waals surface area contributed by atoms with Gasteiger partial charge in [0.2, 0.25) is 0 Å². The molecule has 112 valence electrons. The molecule has 0 aliphatic carbocycles. The van der Waals surface area contributed by atoms with Gasteiger partial charge in [-0.25, -0.2) is 13.4 Å². The van der Waals surface area contributed by atoms with Gasteiger partial charge in [0.15, 0.2) is 15.0 Å². The lowest BCUT2D eigenvalue weighted by Gasteiger charge is -2.44. The van der Waals surface area contributed by atoms with E-state index in [9.17, 15) is 8.42 Å². The SMILES string of the molecule is NCC1(N2CCN(c3nccs3)CC2)CCS(=O)(=O)C1. The van der Waals surface area contributed by atoms with E-state index in [0.29, 0.717) is 13.0 Å². The summed E-state index contributed by atoms with van der Waals surface area (Å²) in [6, 6.07) is 0. The van der Waals surface area contributed by atoms with Gasteiger partial charge in [-0.2, -0.15) is 0 Å². The highest BCUT2D eigenvalue weighted by molar-refractivity contribution is 7.91. The number of nitrogens with two attached hydrogens (primary N) is 1. The maximum absolute atomic E-state index is 11.8. The van der Waals surface area contributed by atoms with Crippen LogP contribution in [0.2, 0.25) is 0 Å². The zero-order valence-corrected chi connectivity index (χ0v) is 13.0. The minimum absolute atomic E-state index is 0.216. The van der Waals surface area contributed by atoms with Crippen LogP contribution in [0.4, 0.5) is 5.13 Å². The molecule has 2 aliphatic rings. The van der Waals surface area contributed by atoms with Crippen LogP contribution in [-0.4, -0.2) is 68.1 Å². The lowest BCUT2D eigenvalue weighted by molar-refractivity contribution is 0.108. The summed E-state index contributed by atoms with van der Waals surface area (Å²) >= 11 is 1.64. The van der Waals surface area contributed by atoms with Crippen molar-refractivity contribution >= 4 is 26.3 Å². The standard InChI is InChI=1S/C12H20N4O2S2/c13-9-12(1-8-20(17,18)10-12)16-5-3-15(4-6-16)11-14-2-7-19-11/h2,7H,1,3-6,8-10,13H2. The van der Waals surface area contributed by atoms with Gasteiger partial charge in [0, 0.05) is 49.8 Å². The Hall–Kier alpha value is -0.700. The smallest absolute Gasteiger partial charge is 0.185 e. The molecule has 0 radical (unpaired) electrons. The van der Waals surface area contributed by atoms with Crippen LogP contribution in [-0.2, 0) is 9.84 Å². The molecule has 8 heteroatoms. The van der Waals surface area contributed by atoms with E-state index in [1.54, 1.807) is 11.3 Å². The van der Waals surface area contributed by atoms with Gasteiger partial charge in [0.25, 0.3) is 0 Å². The summed E-state index contributed by atoms with van der Waals surface area (Å²) in [5.74, 6) is 0.491. The molecular weight excluding hydrogens is 296 g/mol. The van der Waals surface area contributed by atoms with E-state index in [1.165, 1.54) is 0 Å². The quantitative estimate of drug-likeness (QED) is 0.830. The van der Waals surface area contributed by atoms with Crippen molar-refractivity contribution in [3.05, 3.63) is 11.6 Å². The molecule has 1 aromatic heterocycles. The molecule has 1 atom stereocenters. The zero-order chi connectivity index (χ0) is 14.2. The number of aromatic nitrogens is 1. The first-order chi connectivity index (χ1) is 9.55. The Labute approximate surface area is 123 Å². The fraction of sp³-hybridized carbons (Fsp3) is 0.750. The van der Waals surface area contributed by atoms with Crippen molar-refractivity contribution in [3.8, 4) is 0 Å². The van der Waals surface area contributed by atoms with Crippen LogP contribution in [0.25, 0.3) is 0 Å². The van der Waals surface area contributed by atoms with E-state index >= 15 is 0 Å². The number of nitrogens with zero attached hydrogens (tertiary/aromatic N) is 3. The normalized spacial score (nSPS) is 30.8. The molecule has 2 aliphatic heterocycles. The monoisotopic (exact) mass is 316 g/mol. The predicted octanol–water partition coefficient (Wildman–Crippen LogP) is -0.219. The summed E-state index contributed by atoms with van der Waals surface area (Å²) in [6.07, 6.45) is 2.49. The molecule has 1 unspecified atom stereocenters. The van der Waals surface area contributed by atoms with Crippen LogP contribution >= 0.6 is 11.3 Å². The van der Waals surface area contributed by atoms with Crippen LogP contribution in [0.5, 0.6) is 0 Å². The highest BCUT2D eigenvalue weighted by Crippen LogP contribution is 2.31. The van der Waals surface area contributed by atoms with Crippen molar-refractivity contribution in [1.82, 2.24) is 9.88 Å². The molecule has 0 bridgehead atoms. The fourth-order valence-electron chi connectivity index (χ4n) is 3.18. The van der Waals surface area contributed by atoms with E-state index in [0.717, 1.165) is 31.3 Å². The molecule has 0 amide bonds. The molecular formula is C12H20N4O2S2. The highest BCUT2D eigenvalue weighted by Gasteiger charge is 2.46. The Bertz CT molecular complexity index is 552. The molecule has 6 nitrogen and oxygen atoms in total. The molecule has 1 aromatic rings. The van der Waals surface area contributed by atoms with Gasteiger partial charge < -0.3 is 10.6 Å². The molecule has 2 saturated heterocycles. The van der Waals surface area contributed by atoms with E-state index in [4.69, 9.17) is 5.73 Å². The summed E-state index contributed by atoms with van der Waals surface area (Å²) in [7, 11) is -2.92. The van der Waals surface area contributed by atoms with Crippen molar-refractivity contribution in [2.24, 2.45) is 5.73 Å². The number of thiazole rings is 1. The van der Waals surface area contributed by atoms with Gasteiger partial charge in [-0.1, -0.05) is 0 Å². The maximum Gasteiger partial charge on any atom is 0.185 e. The summed E-state index contributed by atoms with van der Waals surface area (Å²) < 4.78 is 23.6. The van der Waals surface area contributed by atoms with Crippen LogP contribution in [0.15, 0.2) is 11.6 Å². The van der Waals surface area contributed by atoms with Crippen molar-refractivity contribution < 1.29 is 8.42 Å². The van der Waals surface area contributed by atoms with Crippen molar-refractivity contribution in [3.63, 3.8) is 0 Å². The summed E-state index contributed by atoms with van der Waals surface area (Å²) in [5.41, 5.74) is 5.58. The minimum atomic E-state index is -2.92. The Morgan fingerprint density at radius 1 is 1.35 bits per heavy atom. The van der Waals surface area contributed by atoms with Gasteiger partial charge in [-0.15, -0.1) is 11.3 Å².